The summed E-state index contributed by atoms with van der Waals surface area (Å²) in [6.07, 6.45) is 3.22. The maximum atomic E-state index is 11.1. The quantitative estimate of drug-likeness (QED) is 0.846. The zero-order valence-electron chi connectivity index (χ0n) is 9.58. The molecular weight excluding hydrogens is 238 g/mol. The van der Waals surface area contributed by atoms with Crippen molar-refractivity contribution in [3.8, 4) is 0 Å². The molecule has 1 atom stereocenters. The first-order chi connectivity index (χ1) is 8.09. The lowest BCUT2D eigenvalue weighted by Gasteiger charge is -2.15. The van der Waals surface area contributed by atoms with Crippen molar-refractivity contribution >= 4 is 28.7 Å². The van der Waals surface area contributed by atoms with Crippen LogP contribution in [0.5, 0.6) is 0 Å². The monoisotopic (exact) mass is 251 g/mol. The lowest BCUT2D eigenvalue weighted by molar-refractivity contribution is -0.137. The Kier molecular flexibility index (Phi) is 3.38. The second kappa shape index (κ2) is 4.79. The van der Waals surface area contributed by atoms with E-state index in [4.69, 9.17) is 9.52 Å². The average Bonchev–Trinajstić information content (AvgIpc) is 2.73. The Bertz CT molecular complexity index is 535. The van der Waals surface area contributed by atoms with E-state index in [-0.39, 0.29) is 5.92 Å². The predicted octanol–water partition coefficient (Wildman–Crippen LogP) is 3.03. The molecule has 90 valence electrons. The molecule has 0 aromatic carbocycles. The number of hydrogen-bond acceptors (Lipinski definition) is 4. The van der Waals surface area contributed by atoms with Crippen LogP contribution in [0.2, 0.25) is 0 Å². The minimum Gasteiger partial charge on any atom is -0.480 e. The van der Waals surface area contributed by atoms with Gasteiger partial charge in [0.05, 0.1) is 11.6 Å². The van der Waals surface area contributed by atoms with Gasteiger partial charge in [-0.15, -0.1) is 0 Å². The van der Waals surface area contributed by atoms with Crippen LogP contribution in [-0.4, -0.2) is 21.3 Å². The molecule has 0 aliphatic carbocycles. The molecule has 0 fully saturated rings. The van der Waals surface area contributed by atoms with Crippen LogP contribution in [0.3, 0.4) is 0 Å². The molecule has 1 N–H and O–H groups in total. The Morgan fingerprint density at radius 2 is 2.24 bits per heavy atom. The van der Waals surface area contributed by atoms with E-state index in [0.29, 0.717) is 5.03 Å². The molecule has 0 amide bonds. The predicted molar refractivity (Wildman–Crippen MR) is 66.1 cm³/mol. The molecule has 2 aromatic heterocycles. The zero-order valence-corrected chi connectivity index (χ0v) is 10.4. The van der Waals surface area contributed by atoms with Gasteiger partial charge in [-0.1, -0.05) is 25.6 Å². The van der Waals surface area contributed by atoms with E-state index in [1.165, 1.54) is 11.8 Å². The van der Waals surface area contributed by atoms with Gasteiger partial charge in [0.25, 0.3) is 0 Å². The van der Waals surface area contributed by atoms with E-state index in [1.807, 2.05) is 19.9 Å². The Hall–Kier alpha value is -1.49. The van der Waals surface area contributed by atoms with Crippen molar-refractivity contribution in [2.45, 2.75) is 24.1 Å². The number of carbonyl (C=O) groups is 1. The summed E-state index contributed by atoms with van der Waals surface area (Å²) in [5.41, 5.74) is 0.732. The van der Waals surface area contributed by atoms with Crippen LogP contribution in [-0.2, 0) is 4.79 Å². The molecule has 0 aliphatic heterocycles. The first-order valence-electron chi connectivity index (χ1n) is 5.31. The molecule has 2 aromatic rings. The number of pyridine rings is 1. The highest BCUT2D eigenvalue weighted by atomic mass is 32.2. The number of hydrogen-bond donors (Lipinski definition) is 1. The fourth-order valence-electron chi connectivity index (χ4n) is 1.55. The largest absolute Gasteiger partial charge is 0.480 e. The van der Waals surface area contributed by atoms with Gasteiger partial charge in [-0.25, -0.2) is 4.98 Å². The van der Waals surface area contributed by atoms with Crippen LogP contribution in [0, 0.1) is 5.92 Å². The molecule has 0 saturated carbocycles. The normalized spacial score (nSPS) is 13.1. The molecule has 4 nitrogen and oxygen atoms in total. The van der Waals surface area contributed by atoms with Gasteiger partial charge in [0, 0.05) is 6.20 Å². The van der Waals surface area contributed by atoms with Crippen molar-refractivity contribution in [3.63, 3.8) is 0 Å². The summed E-state index contributed by atoms with van der Waals surface area (Å²) in [4.78, 5) is 15.4. The number of fused-ring (bicyclic) bond motifs is 1. The molecule has 0 radical (unpaired) electrons. The zero-order chi connectivity index (χ0) is 12.4. The standard InChI is InChI=1S/C12H13NO3S/c1-7(2)10(12(14)15)17-11-8-4-6-16-9(8)3-5-13-11/h3-7,10H,1-2H3,(H,14,15). The van der Waals surface area contributed by atoms with E-state index in [9.17, 15) is 4.79 Å². The third-order valence-electron chi connectivity index (χ3n) is 2.43. The van der Waals surface area contributed by atoms with Crippen LogP contribution >= 0.6 is 11.8 Å². The molecule has 0 spiro atoms. The highest BCUT2D eigenvalue weighted by molar-refractivity contribution is 8.00. The van der Waals surface area contributed by atoms with Crippen molar-refractivity contribution in [1.29, 1.82) is 0 Å². The maximum absolute atomic E-state index is 11.1. The molecule has 0 aliphatic rings. The number of aliphatic carboxylic acids is 1. The number of carboxylic acid groups (broad SMARTS) is 1. The van der Waals surface area contributed by atoms with Gasteiger partial charge in [0.15, 0.2) is 0 Å². The van der Waals surface area contributed by atoms with Gasteiger partial charge >= 0.3 is 5.97 Å². The van der Waals surface area contributed by atoms with Crippen LogP contribution < -0.4 is 0 Å². The summed E-state index contributed by atoms with van der Waals surface area (Å²) in [5.74, 6) is -0.770. The highest BCUT2D eigenvalue weighted by Gasteiger charge is 2.24. The molecule has 2 rings (SSSR count). The summed E-state index contributed by atoms with van der Waals surface area (Å²) in [6.45, 7) is 3.78. The van der Waals surface area contributed by atoms with Gasteiger partial charge < -0.3 is 9.52 Å². The van der Waals surface area contributed by atoms with E-state index in [2.05, 4.69) is 4.98 Å². The summed E-state index contributed by atoms with van der Waals surface area (Å²) >= 11 is 1.27. The molecule has 0 saturated heterocycles. The van der Waals surface area contributed by atoms with Crippen molar-refractivity contribution in [2.24, 2.45) is 5.92 Å². The number of nitrogens with zero attached hydrogens (tertiary/aromatic N) is 1. The number of furan rings is 1. The molecule has 5 heteroatoms. The van der Waals surface area contributed by atoms with E-state index >= 15 is 0 Å². The van der Waals surface area contributed by atoms with Crippen LogP contribution in [0.25, 0.3) is 11.0 Å². The Labute approximate surface area is 103 Å². The number of rotatable bonds is 4. The lowest BCUT2D eigenvalue weighted by Crippen LogP contribution is -2.22. The molecule has 2 heterocycles. The fraction of sp³-hybridized carbons (Fsp3) is 0.333. The molecular formula is C12H13NO3S. The van der Waals surface area contributed by atoms with Gasteiger partial charge in [0.2, 0.25) is 0 Å². The van der Waals surface area contributed by atoms with Gasteiger partial charge in [0.1, 0.15) is 15.9 Å². The second-order valence-corrected chi connectivity index (χ2v) is 5.20. The lowest BCUT2D eigenvalue weighted by atomic mass is 10.1. The number of aromatic nitrogens is 1. The van der Waals surface area contributed by atoms with Crippen LogP contribution in [0.15, 0.2) is 34.0 Å². The van der Waals surface area contributed by atoms with Crippen molar-refractivity contribution < 1.29 is 14.3 Å². The SMILES string of the molecule is CC(C)C(Sc1nccc2occc12)C(=O)O. The third-order valence-corrected chi connectivity index (χ3v) is 3.98. The summed E-state index contributed by atoms with van der Waals surface area (Å²) in [7, 11) is 0. The summed E-state index contributed by atoms with van der Waals surface area (Å²) < 4.78 is 5.26. The Morgan fingerprint density at radius 1 is 1.47 bits per heavy atom. The first kappa shape index (κ1) is 12.0. The van der Waals surface area contributed by atoms with Gasteiger partial charge in [-0.3, -0.25) is 4.79 Å². The minimum atomic E-state index is -0.813. The van der Waals surface area contributed by atoms with Crippen molar-refractivity contribution in [1.82, 2.24) is 4.98 Å². The third kappa shape index (κ3) is 2.44. The topological polar surface area (TPSA) is 63.3 Å². The van der Waals surface area contributed by atoms with Crippen molar-refractivity contribution in [3.05, 3.63) is 24.6 Å². The average molecular weight is 251 g/mol. The van der Waals surface area contributed by atoms with Crippen LogP contribution in [0.4, 0.5) is 0 Å². The summed E-state index contributed by atoms with van der Waals surface area (Å²) in [6, 6.07) is 3.58. The number of thioether (sulfide) groups is 1. The molecule has 17 heavy (non-hydrogen) atoms. The first-order valence-corrected chi connectivity index (χ1v) is 6.19. The van der Waals surface area contributed by atoms with Crippen molar-refractivity contribution in [2.75, 3.05) is 0 Å². The molecule has 0 bridgehead atoms. The van der Waals surface area contributed by atoms with E-state index in [1.54, 1.807) is 18.5 Å². The van der Waals surface area contributed by atoms with Gasteiger partial charge in [-0.05, 0) is 18.1 Å². The smallest absolute Gasteiger partial charge is 0.317 e. The van der Waals surface area contributed by atoms with E-state index < -0.39 is 11.2 Å². The fourth-order valence-corrected chi connectivity index (χ4v) is 2.59. The Balaban J connectivity index is 2.34. The van der Waals surface area contributed by atoms with E-state index in [0.717, 1.165) is 11.0 Å². The molecule has 1 unspecified atom stereocenters. The number of carboxylic acids is 1. The highest BCUT2D eigenvalue weighted by Crippen LogP contribution is 2.32. The van der Waals surface area contributed by atoms with Crippen LogP contribution in [0.1, 0.15) is 13.8 Å². The minimum absolute atomic E-state index is 0.0430. The maximum Gasteiger partial charge on any atom is 0.317 e. The second-order valence-electron chi connectivity index (χ2n) is 4.07. The Morgan fingerprint density at radius 3 is 2.88 bits per heavy atom. The summed E-state index contributed by atoms with van der Waals surface area (Å²) in [5, 5.41) is 10.2. The van der Waals surface area contributed by atoms with Gasteiger partial charge in [-0.2, -0.15) is 0 Å².